The van der Waals surface area contributed by atoms with E-state index in [-0.39, 0.29) is 0 Å². The molecule has 1 heterocycles. The second-order valence-electron chi connectivity index (χ2n) is 3.59. The Balaban J connectivity index is 2.13. The quantitative estimate of drug-likeness (QED) is 0.609. The molecular weight excluding hydrogens is 284 g/mol. The molecule has 2 nitrogen and oxygen atoms in total. The molecule has 0 amide bonds. The molecule has 80 valence electrons. The lowest BCUT2D eigenvalue weighted by Gasteiger charge is -2.22. The average molecular weight is 293 g/mol. The van der Waals surface area contributed by atoms with Crippen LogP contribution in [0.15, 0.2) is 50.7 Å². The highest BCUT2D eigenvalue weighted by Gasteiger charge is 2.17. The fraction of sp³-hybridized carbons (Fsp3) is 0. The second kappa shape index (κ2) is 3.71. The van der Waals surface area contributed by atoms with Gasteiger partial charge in [-0.3, -0.25) is 0 Å². The number of nitrogens with one attached hydrogen (secondary N) is 1. The highest BCUT2D eigenvalue weighted by molar-refractivity contribution is 9.10. The fourth-order valence-electron chi connectivity index (χ4n) is 1.71. The SMILES string of the molecule is Nc1cccc2c1Nc1cc(Br)ccc1S2. The molecular formula is C12H9BrN2S. The number of para-hydroxylation sites is 1. The summed E-state index contributed by atoms with van der Waals surface area (Å²) in [4.78, 5) is 2.40. The average Bonchev–Trinajstić information content (AvgIpc) is 2.28. The molecule has 0 saturated heterocycles. The van der Waals surface area contributed by atoms with Gasteiger partial charge in [-0.25, -0.2) is 0 Å². The van der Waals surface area contributed by atoms with Crippen molar-refractivity contribution in [2.75, 3.05) is 11.1 Å². The van der Waals surface area contributed by atoms with E-state index in [0.717, 1.165) is 21.5 Å². The van der Waals surface area contributed by atoms with Gasteiger partial charge in [0, 0.05) is 14.3 Å². The zero-order chi connectivity index (χ0) is 11.1. The van der Waals surface area contributed by atoms with Gasteiger partial charge in [0.05, 0.1) is 17.1 Å². The van der Waals surface area contributed by atoms with Crippen molar-refractivity contribution in [3.63, 3.8) is 0 Å². The Labute approximate surface area is 106 Å². The van der Waals surface area contributed by atoms with Crippen LogP contribution < -0.4 is 11.1 Å². The number of anilines is 3. The van der Waals surface area contributed by atoms with Gasteiger partial charge in [0.15, 0.2) is 0 Å². The van der Waals surface area contributed by atoms with Crippen LogP contribution in [0.25, 0.3) is 0 Å². The maximum absolute atomic E-state index is 5.95. The van der Waals surface area contributed by atoms with Crippen LogP contribution >= 0.6 is 27.7 Å². The number of halogens is 1. The van der Waals surface area contributed by atoms with Crippen molar-refractivity contribution in [3.8, 4) is 0 Å². The first-order valence-electron chi connectivity index (χ1n) is 4.87. The third-order valence-electron chi connectivity index (χ3n) is 2.48. The van der Waals surface area contributed by atoms with Crippen molar-refractivity contribution in [2.24, 2.45) is 0 Å². The normalized spacial score (nSPS) is 12.6. The molecule has 4 heteroatoms. The van der Waals surface area contributed by atoms with Crippen molar-refractivity contribution >= 4 is 44.8 Å². The first-order valence-corrected chi connectivity index (χ1v) is 6.48. The van der Waals surface area contributed by atoms with Crippen LogP contribution in [0, 0.1) is 0 Å². The van der Waals surface area contributed by atoms with Crippen LogP contribution in [0.2, 0.25) is 0 Å². The highest BCUT2D eigenvalue weighted by Crippen LogP contribution is 2.46. The Morgan fingerprint density at radius 3 is 2.88 bits per heavy atom. The van der Waals surface area contributed by atoms with Gasteiger partial charge in [0.2, 0.25) is 0 Å². The summed E-state index contributed by atoms with van der Waals surface area (Å²) in [6.07, 6.45) is 0. The lowest BCUT2D eigenvalue weighted by Crippen LogP contribution is -2.02. The third-order valence-corrected chi connectivity index (χ3v) is 4.11. The van der Waals surface area contributed by atoms with Crippen molar-refractivity contribution in [2.45, 2.75) is 9.79 Å². The molecule has 0 radical (unpaired) electrons. The topological polar surface area (TPSA) is 38.0 Å². The predicted molar refractivity (Wildman–Crippen MR) is 72.4 cm³/mol. The van der Waals surface area contributed by atoms with Gasteiger partial charge in [-0.1, -0.05) is 33.8 Å². The van der Waals surface area contributed by atoms with E-state index < -0.39 is 0 Å². The molecule has 0 saturated carbocycles. The Bertz CT molecular complexity index is 569. The number of hydrogen-bond acceptors (Lipinski definition) is 3. The minimum absolute atomic E-state index is 0.788. The smallest absolute Gasteiger partial charge is 0.0759 e. The van der Waals surface area contributed by atoms with E-state index >= 15 is 0 Å². The molecule has 0 spiro atoms. The maximum Gasteiger partial charge on any atom is 0.0759 e. The Morgan fingerprint density at radius 1 is 1.12 bits per heavy atom. The van der Waals surface area contributed by atoms with E-state index in [2.05, 4.69) is 39.4 Å². The number of nitrogens with two attached hydrogens (primary N) is 1. The summed E-state index contributed by atoms with van der Waals surface area (Å²) in [6, 6.07) is 12.2. The molecule has 3 N–H and O–H groups in total. The summed E-state index contributed by atoms with van der Waals surface area (Å²) in [5, 5.41) is 3.37. The number of hydrogen-bond donors (Lipinski definition) is 2. The third kappa shape index (κ3) is 1.58. The lowest BCUT2D eigenvalue weighted by molar-refractivity contribution is 1.31. The summed E-state index contributed by atoms with van der Waals surface area (Å²) in [7, 11) is 0. The van der Waals surface area contributed by atoms with Gasteiger partial charge < -0.3 is 11.1 Å². The second-order valence-corrected chi connectivity index (χ2v) is 5.59. The van der Waals surface area contributed by atoms with Gasteiger partial charge in [-0.15, -0.1) is 0 Å². The molecule has 2 aromatic rings. The Hall–Kier alpha value is -1.13. The van der Waals surface area contributed by atoms with Crippen LogP contribution in [0.4, 0.5) is 17.1 Å². The van der Waals surface area contributed by atoms with Crippen molar-refractivity contribution in [3.05, 3.63) is 40.9 Å². The van der Waals surface area contributed by atoms with E-state index in [4.69, 9.17) is 5.73 Å². The van der Waals surface area contributed by atoms with Gasteiger partial charge in [-0.05, 0) is 30.3 Å². The number of nitrogen functional groups attached to an aromatic ring is 1. The predicted octanol–water partition coefficient (Wildman–Crippen LogP) is 4.24. The molecule has 0 aromatic heterocycles. The van der Waals surface area contributed by atoms with Gasteiger partial charge in [0.25, 0.3) is 0 Å². The largest absolute Gasteiger partial charge is 0.397 e. The van der Waals surface area contributed by atoms with Crippen LogP contribution in [0.1, 0.15) is 0 Å². The lowest BCUT2D eigenvalue weighted by atomic mass is 10.2. The van der Waals surface area contributed by atoms with Gasteiger partial charge >= 0.3 is 0 Å². The zero-order valence-electron chi connectivity index (χ0n) is 8.33. The molecule has 1 aliphatic heterocycles. The van der Waals surface area contributed by atoms with Crippen LogP contribution in [0.3, 0.4) is 0 Å². The molecule has 0 unspecified atom stereocenters. The minimum atomic E-state index is 0.788. The molecule has 16 heavy (non-hydrogen) atoms. The van der Waals surface area contributed by atoms with E-state index in [1.165, 1.54) is 9.79 Å². The van der Waals surface area contributed by atoms with E-state index in [1.54, 1.807) is 11.8 Å². The van der Waals surface area contributed by atoms with E-state index in [0.29, 0.717) is 0 Å². The molecule has 0 bridgehead atoms. The van der Waals surface area contributed by atoms with Crippen LogP contribution in [-0.2, 0) is 0 Å². The molecule has 0 fully saturated rings. The van der Waals surface area contributed by atoms with Gasteiger partial charge in [-0.2, -0.15) is 0 Å². The number of fused-ring (bicyclic) bond motifs is 2. The van der Waals surface area contributed by atoms with E-state index in [1.807, 2.05) is 18.2 Å². The summed E-state index contributed by atoms with van der Waals surface area (Å²) in [5.74, 6) is 0. The zero-order valence-corrected chi connectivity index (χ0v) is 10.7. The van der Waals surface area contributed by atoms with E-state index in [9.17, 15) is 0 Å². The number of benzene rings is 2. The van der Waals surface area contributed by atoms with Crippen LogP contribution in [0.5, 0.6) is 0 Å². The monoisotopic (exact) mass is 292 g/mol. The minimum Gasteiger partial charge on any atom is -0.397 e. The molecule has 1 aliphatic rings. The number of rotatable bonds is 0. The standard InChI is InChI=1S/C12H9BrN2S/c13-7-4-5-10-9(6-7)15-12-8(14)2-1-3-11(12)16-10/h1-6,15H,14H2. The fourth-order valence-corrected chi connectivity index (χ4v) is 3.08. The first-order chi connectivity index (χ1) is 7.74. The summed E-state index contributed by atoms with van der Waals surface area (Å²) >= 11 is 5.21. The van der Waals surface area contributed by atoms with Crippen molar-refractivity contribution in [1.29, 1.82) is 0 Å². The van der Waals surface area contributed by atoms with Crippen molar-refractivity contribution in [1.82, 2.24) is 0 Å². The highest BCUT2D eigenvalue weighted by atomic mass is 79.9. The Morgan fingerprint density at radius 2 is 2.00 bits per heavy atom. The molecule has 0 atom stereocenters. The first kappa shape index (κ1) is 10.1. The molecule has 0 aliphatic carbocycles. The summed E-state index contributed by atoms with van der Waals surface area (Å²) in [5.41, 5.74) is 8.85. The van der Waals surface area contributed by atoms with Gasteiger partial charge in [0.1, 0.15) is 0 Å². The van der Waals surface area contributed by atoms with Crippen LogP contribution in [-0.4, -0.2) is 0 Å². The maximum atomic E-state index is 5.95. The summed E-state index contributed by atoms with van der Waals surface area (Å²) < 4.78 is 1.07. The molecule has 2 aromatic carbocycles. The molecule has 3 rings (SSSR count). The Kier molecular flexibility index (Phi) is 2.33. The van der Waals surface area contributed by atoms with Crippen molar-refractivity contribution < 1.29 is 0 Å². The summed E-state index contributed by atoms with van der Waals surface area (Å²) in [6.45, 7) is 0.